The maximum atomic E-state index is 13.9. The number of ether oxygens (including phenoxy) is 2. The molecule has 1 fully saturated rings. The molecule has 0 aliphatic carbocycles. The average molecular weight is 480 g/mol. The molecule has 0 spiro atoms. The van der Waals surface area contributed by atoms with Crippen molar-refractivity contribution in [3.05, 3.63) is 53.8 Å². The maximum Gasteiger partial charge on any atom is 0.254 e. The lowest BCUT2D eigenvalue weighted by molar-refractivity contribution is -0.134. The van der Waals surface area contributed by atoms with Crippen molar-refractivity contribution in [2.75, 3.05) is 40.4 Å². The molecule has 1 atom stereocenters. The van der Waals surface area contributed by atoms with Gasteiger partial charge in [-0.1, -0.05) is 12.1 Å². The van der Waals surface area contributed by atoms with Gasteiger partial charge >= 0.3 is 0 Å². The summed E-state index contributed by atoms with van der Waals surface area (Å²) in [4.78, 5) is 28.2. The summed E-state index contributed by atoms with van der Waals surface area (Å²) in [6.45, 7) is 2.45. The van der Waals surface area contributed by atoms with Crippen LogP contribution in [0.25, 0.3) is 0 Å². The van der Waals surface area contributed by atoms with Crippen molar-refractivity contribution in [3.8, 4) is 11.5 Å². The number of benzene rings is 2. The topological polar surface area (TPSA) is 105 Å². The van der Waals surface area contributed by atoms with Crippen molar-refractivity contribution < 1.29 is 31.9 Å². The van der Waals surface area contributed by atoms with Crippen LogP contribution in [-0.4, -0.2) is 76.5 Å². The Morgan fingerprint density at radius 3 is 2.18 bits per heavy atom. The lowest BCUT2D eigenvalue weighted by atomic mass is 10.1. The Hall–Kier alpha value is -3.18. The number of nitrogens with one attached hydrogen (secondary N) is 1. The molecular formula is C22H26FN3O6S. The van der Waals surface area contributed by atoms with E-state index in [0.717, 1.165) is 12.1 Å². The van der Waals surface area contributed by atoms with Gasteiger partial charge in [0, 0.05) is 31.7 Å². The van der Waals surface area contributed by atoms with E-state index in [9.17, 15) is 22.4 Å². The highest BCUT2D eigenvalue weighted by Gasteiger charge is 2.30. The molecule has 2 amide bonds. The molecule has 0 bridgehead atoms. The molecule has 0 aromatic heterocycles. The van der Waals surface area contributed by atoms with Crippen molar-refractivity contribution in [2.45, 2.75) is 17.9 Å². The minimum atomic E-state index is -4.21. The number of amides is 2. The van der Waals surface area contributed by atoms with Gasteiger partial charge in [-0.2, -0.15) is 4.72 Å². The molecule has 2 aromatic carbocycles. The van der Waals surface area contributed by atoms with Crippen molar-refractivity contribution in [1.82, 2.24) is 14.5 Å². The minimum Gasteiger partial charge on any atom is -0.493 e. The van der Waals surface area contributed by atoms with Gasteiger partial charge in [-0.3, -0.25) is 9.59 Å². The van der Waals surface area contributed by atoms with Crippen LogP contribution < -0.4 is 14.2 Å². The summed E-state index contributed by atoms with van der Waals surface area (Å²) in [6.07, 6.45) is 0. The monoisotopic (exact) mass is 479 g/mol. The van der Waals surface area contributed by atoms with Gasteiger partial charge in [-0.05, 0) is 37.3 Å². The normalized spacial score (nSPS) is 15.2. The SMILES string of the molecule is COc1ccc(C(=O)N2CCN(C(=O)[C@H](C)NS(=O)(=O)c3ccccc3F)CC2)cc1OC. The van der Waals surface area contributed by atoms with Crippen molar-refractivity contribution >= 4 is 21.8 Å². The summed E-state index contributed by atoms with van der Waals surface area (Å²) in [6, 6.07) is 8.74. The Kier molecular flexibility index (Phi) is 7.54. The molecule has 1 heterocycles. The lowest BCUT2D eigenvalue weighted by Crippen LogP contribution is -2.55. The highest BCUT2D eigenvalue weighted by atomic mass is 32.2. The maximum absolute atomic E-state index is 13.9. The molecular weight excluding hydrogens is 453 g/mol. The van der Waals surface area contributed by atoms with Crippen molar-refractivity contribution in [3.63, 3.8) is 0 Å². The fourth-order valence-electron chi connectivity index (χ4n) is 3.56. The van der Waals surface area contributed by atoms with Crippen LogP contribution in [0.5, 0.6) is 11.5 Å². The Balaban J connectivity index is 1.60. The third-order valence-electron chi connectivity index (χ3n) is 5.34. The molecule has 33 heavy (non-hydrogen) atoms. The smallest absolute Gasteiger partial charge is 0.254 e. The second kappa shape index (κ2) is 10.2. The molecule has 2 aromatic rings. The largest absolute Gasteiger partial charge is 0.493 e. The van der Waals surface area contributed by atoms with E-state index in [0.29, 0.717) is 17.1 Å². The van der Waals surface area contributed by atoms with E-state index in [2.05, 4.69) is 4.72 Å². The van der Waals surface area contributed by atoms with Crippen LogP contribution in [0.2, 0.25) is 0 Å². The first-order valence-electron chi connectivity index (χ1n) is 10.2. The Labute approximate surface area is 192 Å². The Morgan fingerprint density at radius 1 is 0.970 bits per heavy atom. The van der Waals surface area contributed by atoms with Gasteiger partial charge in [-0.25, -0.2) is 12.8 Å². The number of carbonyl (C=O) groups excluding carboxylic acids is 2. The van der Waals surface area contributed by atoms with E-state index in [4.69, 9.17) is 9.47 Å². The summed E-state index contributed by atoms with van der Waals surface area (Å²) in [7, 11) is -1.21. The summed E-state index contributed by atoms with van der Waals surface area (Å²) < 4.78 is 51.4. The molecule has 0 saturated carbocycles. The number of piperazine rings is 1. The van der Waals surface area contributed by atoms with Gasteiger partial charge in [0.2, 0.25) is 15.9 Å². The van der Waals surface area contributed by atoms with E-state index in [1.54, 1.807) is 23.1 Å². The first-order chi connectivity index (χ1) is 15.7. The first-order valence-corrected chi connectivity index (χ1v) is 11.7. The third-order valence-corrected chi connectivity index (χ3v) is 6.91. The van der Waals surface area contributed by atoms with Crippen LogP contribution in [0.15, 0.2) is 47.4 Å². The average Bonchev–Trinajstić information content (AvgIpc) is 2.82. The molecule has 178 valence electrons. The van der Waals surface area contributed by atoms with Gasteiger partial charge in [0.25, 0.3) is 5.91 Å². The number of rotatable bonds is 7. The van der Waals surface area contributed by atoms with E-state index in [1.165, 1.54) is 38.2 Å². The molecule has 3 rings (SSSR count). The number of halogens is 1. The molecule has 1 saturated heterocycles. The van der Waals surface area contributed by atoms with Crippen molar-refractivity contribution in [1.29, 1.82) is 0 Å². The molecule has 1 N–H and O–H groups in total. The third kappa shape index (κ3) is 5.42. The quantitative estimate of drug-likeness (QED) is 0.645. The molecule has 1 aliphatic heterocycles. The number of nitrogens with zero attached hydrogens (tertiary/aromatic N) is 2. The summed E-state index contributed by atoms with van der Waals surface area (Å²) in [5.74, 6) is -0.610. The van der Waals surface area contributed by atoms with Gasteiger partial charge in [0.05, 0.1) is 20.3 Å². The highest BCUT2D eigenvalue weighted by molar-refractivity contribution is 7.89. The standard InChI is InChI=1S/C22H26FN3O6S/c1-15(24-33(29,30)20-7-5-4-6-17(20)23)21(27)25-10-12-26(13-11-25)22(28)16-8-9-18(31-2)19(14-16)32-3/h4-9,14-15,24H,10-13H2,1-3H3/t15-/m0/s1. The number of sulfonamides is 1. The second-order valence-electron chi connectivity index (χ2n) is 7.46. The van der Waals surface area contributed by atoms with Crippen LogP contribution in [0, 0.1) is 5.82 Å². The number of hydrogen-bond donors (Lipinski definition) is 1. The van der Waals surface area contributed by atoms with Crippen LogP contribution in [-0.2, 0) is 14.8 Å². The molecule has 0 radical (unpaired) electrons. The Morgan fingerprint density at radius 2 is 1.58 bits per heavy atom. The van der Waals surface area contributed by atoms with Gasteiger partial charge in [0.1, 0.15) is 10.7 Å². The van der Waals surface area contributed by atoms with Crippen LogP contribution in [0.4, 0.5) is 4.39 Å². The number of carbonyl (C=O) groups is 2. The van der Waals surface area contributed by atoms with E-state index >= 15 is 0 Å². The van der Waals surface area contributed by atoms with Crippen molar-refractivity contribution in [2.24, 2.45) is 0 Å². The van der Waals surface area contributed by atoms with Gasteiger partial charge < -0.3 is 19.3 Å². The minimum absolute atomic E-state index is 0.212. The van der Waals surface area contributed by atoms with Crippen LogP contribution in [0.3, 0.4) is 0 Å². The fourth-order valence-corrected chi connectivity index (χ4v) is 4.84. The molecule has 0 unspecified atom stereocenters. The van der Waals surface area contributed by atoms with E-state index in [-0.39, 0.29) is 32.1 Å². The predicted molar refractivity (Wildman–Crippen MR) is 118 cm³/mol. The zero-order valence-corrected chi connectivity index (χ0v) is 19.4. The number of methoxy groups -OCH3 is 2. The fraction of sp³-hybridized carbons (Fsp3) is 0.364. The molecule has 9 nitrogen and oxygen atoms in total. The van der Waals surface area contributed by atoms with E-state index < -0.39 is 32.7 Å². The summed E-state index contributed by atoms with van der Waals surface area (Å²) >= 11 is 0. The summed E-state index contributed by atoms with van der Waals surface area (Å²) in [5, 5.41) is 0. The lowest BCUT2D eigenvalue weighted by Gasteiger charge is -2.36. The van der Waals surface area contributed by atoms with E-state index in [1.807, 2.05) is 0 Å². The van der Waals surface area contributed by atoms with Crippen LogP contribution >= 0.6 is 0 Å². The first kappa shape index (κ1) is 24.5. The number of hydrogen-bond acceptors (Lipinski definition) is 6. The predicted octanol–water partition coefficient (Wildman–Crippen LogP) is 1.49. The zero-order chi connectivity index (χ0) is 24.2. The molecule has 1 aliphatic rings. The van der Waals surface area contributed by atoms with Gasteiger partial charge in [0.15, 0.2) is 11.5 Å². The second-order valence-corrected chi connectivity index (χ2v) is 9.14. The molecule has 11 heteroatoms. The Bertz CT molecular complexity index is 1130. The van der Waals surface area contributed by atoms with Gasteiger partial charge in [-0.15, -0.1) is 0 Å². The highest BCUT2D eigenvalue weighted by Crippen LogP contribution is 2.28. The summed E-state index contributed by atoms with van der Waals surface area (Å²) in [5.41, 5.74) is 0.429. The van der Waals surface area contributed by atoms with Crippen LogP contribution in [0.1, 0.15) is 17.3 Å². The zero-order valence-electron chi connectivity index (χ0n) is 18.6.